The lowest BCUT2D eigenvalue weighted by atomic mass is 10.2. The average molecular weight is 295 g/mol. The Morgan fingerprint density at radius 1 is 1.38 bits per heavy atom. The third-order valence-electron chi connectivity index (χ3n) is 3.19. The minimum atomic E-state index is -0.536. The normalized spacial score (nSPS) is 18.1. The molecule has 0 bridgehead atoms. The molecular weight excluding hydrogens is 274 g/mol. The highest BCUT2D eigenvalue weighted by Crippen LogP contribution is 2.21. The van der Waals surface area contributed by atoms with Crippen LogP contribution in [0.25, 0.3) is 0 Å². The zero-order valence-corrected chi connectivity index (χ0v) is 13.0. The fraction of sp³-hybridized carbons (Fsp3) is 0.643. The van der Waals surface area contributed by atoms with Gasteiger partial charge in [0.15, 0.2) is 5.69 Å². The molecule has 2 heterocycles. The summed E-state index contributed by atoms with van der Waals surface area (Å²) < 4.78 is 11.8. The number of amides is 1. The monoisotopic (exact) mass is 295 g/mol. The smallest absolute Gasteiger partial charge is 0.410 e. The first-order valence-corrected chi connectivity index (χ1v) is 6.86. The Labute approximate surface area is 123 Å². The van der Waals surface area contributed by atoms with Crippen LogP contribution in [0.15, 0.2) is 6.07 Å². The highest BCUT2D eigenvalue weighted by atomic mass is 16.6. The van der Waals surface area contributed by atoms with Crippen molar-refractivity contribution in [2.45, 2.75) is 52.4 Å². The van der Waals surface area contributed by atoms with Gasteiger partial charge in [-0.3, -0.25) is 9.58 Å². The Bertz CT molecular complexity index is 559. The van der Waals surface area contributed by atoms with Crippen molar-refractivity contribution in [1.29, 1.82) is 0 Å². The van der Waals surface area contributed by atoms with E-state index in [1.807, 2.05) is 27.7 Å². The molecule has 0 N–H and O–H groups in total. The number of carbonyl (C=O) groups is 2. The van der Waals surface area contributed by atoms with Crippen LogP contribution >= 0.6 is 0 Å². The van der Waals surface area contributed by atoms with E-state index in [0.717, 1.165) is 5.69 Å². The third kappa shape index (κ3) is 3.34. The minimum Gasteiger partial charge on any atom is -0.464 e. The van der Waals surface area contributed by atoms with Crippen molar-refractivity contribution in [2.75, 3.05) is 7.11 Å². The van der Waals surface area contributed by atoms with Crippen molar-refractivity contribution in [3.63, 3.8) is 0 Å². The van der Waals surface area contributed by atoms with Crippen LogP contribution in [-0.2, 0) is 22.6 Å². The average Bonchev–Trinajstić information content (AvgIpc) is 2.77. The summed E-state index contributed by atoms with van der Waals surface area (Å²) in [6, 6.07) is 1.59. The van der Waals surface area contributed by atoms with E-state index in [1.165, 1.54) is 7.11 Å². The second-order valence-corrected chi connectivity index (χ2v) is 6.15. The number of hydrogen-bond donors (Lipinski definition) is 0. The van der Waals surface area contributed by atoms with E-state index in [1.54, 1.807) is 15.6 Å². The summed E-state index contributed by atoms with van der Waals surface area (Å²) in [5.41, 5.74) is 0.510. The molecule has 0 aromatic carbocycles. The number of methoxy groups -OCH3 is 1. The molecule has 7 nitrogen and oxygen atoms in total. The summed E-state index contributed by atoms with van der Waals surface area (Å²) in [5.74, 6) is -0.478. The van der Waals surface area contributed by atoms with Crippen molar-refractivity contribution in [2.24, 2.45) is 0 Å². The Balaban J connectivity index is 2.18. The molecule has 2 rings (SSSR count). The molecular formula is C14H21N3O4. The minimum absolute atomic E-state index is 0.0576. The van der Waals surface area contributed by atoms with E-state index in [2.05, 4.69) is 9.84 Å². The molecule has 21 heavy (non-hydrogen) atoms. The van der Waals surface area contributed by atoms with Crippen molar-refractivity contribution in [3.8, 4) is 0 Å². The van der Waals surface area contributed by atoms with Gasteiger partial charge in [-0.1, -0.05) is 0 Å². The van der Waals surface area contributed by atoms with E-state index < -0.39 is 11.6 Å². The molecule has 1 aromatic heterocycles. The summed E-state index contributed by atoms with van der Waals surface area (Å²) in [5, 5.41) is 4.20. The van der Waals surface area contributed by atoms with Gasteiger partial charge in [0.05, 0.1) is 31.9 Å². The van der Waals surface area contributed by atoms with Gasteiger partial charge in [0.1, 0.15) is 5.60 Å². The van der Waals surface area contributed by atoms with Crippen LogP contribution in [0.4, 0.5) is 4.79 Å². The molecule has 1 atom stereocenters. The molecule has 0 saturated heterocycles. The van der Waals surface area contributed by atoms with Crippen LogP contribution in [0, 0.1) is 0 Å². The van der Waals surface area contributed by atoms with Crippen LogP contribution in [0.1, 0.15) is 43.9 Å². The summed E-state index contributed by atoms with van der Waals surface area (Å²) in [7, 11) is 1.32. The fourth-order valence-corrected chi connectivity index (χ4v) is 2.19. The molecule has 116 valence electrons. The van der Waals surface area contributed by atoms with Gasteiger partial charge in [-0.05, 0) is 33.8 Å². The van der Waals surface area contributed by atoms with Crippen LogP contribution in [0.5, 0.6) is 0 Å². The van der Waals surface area contributed by atoms with E-state index in [-0.39, 0.29) is 17.8 Å². The number of fused-ring (bicyclic) bond motifs is 1. The maximum Gasteiger partial charge on any atom is 0.410 e. The molecule has 1 aliphatic heterocycles. The predicted molar refractivity (Wildman–Crippen MR) is 74.8 cm³/mol. The topological polar surface area (TPSA) is 73.7 Å². The SMILES string of the molecule is COC(=O)c1cc2n(n1)CC(C)N(C(=O)OC(C)(C)C)C2. The number of ether oxygens (including phenoxy) is 2. The van der Waals surface area contributed by atoms with Gasteiger partial charge in [0.2, 0.25) is 0 Å². The second kappa shape index (κ2) is 5.38. The van der Waals surface area contributed by atoms with Crippen LogP contribution in [0.2, 0.25) is 0 Å². The van der Waals surface area contributed by atoms with Crippen LogP contribution in [0.3, 0.4) is 0 Å². The molecule has 0 saturated carbocycles. The highest BCUT2D eigenvalue weighted by molar-refractivity contribution is 5.87. The van der Waals surface area contributed by atoms with Crippen molar-refractivity contribution >= 4 is 12.1 Å². The molecule has 0 aliphatic carbocycles. The Morgan fingerprint density at radius 2 is 2.05 bits per heavy atom. The lowest BCUT2D eigenvalue weighted by Crippen LogP contribution is -2.46. The first-order chi connectivity index (χ1) is 9.71. The van der Waals surface area contributed by atoms with Gasteiger partial charge in [0, 0.05) is 0 Å². The van der Waals surface area contributed by atoms with Gasteiger partial charge >= 0.3 is 12.1 Å². The standard InChI is InChI=1S/C14H21N3O4/c1-9-7-17-10(6-11(15-17)12(18)20-5)8-16(9)13(19)21-14(2,3)4/h6,9H,7-8H2,1-5H3. The summed E-state index contributed by atoms with van der Waals surface area (Å²) >= 11 is 0. The van der Waals surface area contributed by atoms with Gasteiger partial charge in [-0.15, -0.1) is 0 Å². The molecule has 1 aliphatic rings. The summed E-state index contributed by atoms with van der Waals surface area (Å²) in [4.78, 5) is 25.4. The van der Waals surface area contributed by atoms with E-state index in [9.17, 15) is 9.59 Å². The van der Waals surface area contributed by atoms with Gasteiger partial charge in [0.25, 0.3) is 0 Å². The lowest BCUT2D eigenvalue weighted by Gasteiger charge is -2.35. The number of aromatic nitrogens is 2. The van der Waals surface area contributed by atoms with Crippen LogP contribution in [-0.4, -0.2) is 45.5 Å². The van der Waals surface area contributed by atoms with Crippen molar-refractivity contribution < 1.29 is 19.1 Å². The summed E-state index contributed by atoms with van der Waals surface area (Å²) in [6.45, 7) is 8.30. The number of esters is 1. The molecule has 1 unspecified atom stereocenters. The largest absolute Gasteiger partial charge is 0.464 e. The van der Waals surface area contributed by atoms with E-state index >= 15 is 0 Å². The summed E-state index contributed by atoms with van der Waals surface area (Å²) in [6.07, 6.45) is -0.359. The zero-order valence-electron chi connectivity index (χ0n) is 13.0. The highest BCUT2D eigenvalue weighted by Gasteiger charge is 2.32. The molecule has 1 amide bonds. The quantitative estimate of drug-likeness (QED) is 0.739. The molecule has 0 spiro atoms. The Hall–Kier alpha value is -2.05. The third-order valence-corrected chi connectivity index (χ3v) is 3.19. The molecule has 7 heteroatoms. The molecule has 0 fully saturated rings. The molecule has 0 radical (unpaired) electrons. The number of carbonyl (C=O) groups excluding carboxylic acids is 2. The second-order valence-electron chi connectivity index (χ2n) is 6.15. The molecule has 1 aromatic rings. The maximum atomic E-state index is 12.2. The number of nitrogens with zero attached hydrogens (tertiary/aromatic N) is 3. The van der Waals surface area contributed by atoms with Gasteiger partial charge in [-0.25, -0.2) is 9.59 Å². The number of hydrogen-bond acceptors (Lipinski definition) is 5. The van der Waals surface area contributed by atoms with Gasteiger partial charge < -0.3 is 9.47 Å². The first-order valence-electron chi connectivity index (χ1n) is 6.86. The zero-order chi connectivity index (χ0) is 15.8. The van der Waals surface area contributed by atoms with E-state index in [4.69, 9.17) is 4.74 Å². The van der Waals surface area contributed by atoms with Crippen molar-refractivity contribution in [3.05, 3.63) is 17.5 Å². The van der Waals surface area contributed by atoms with Gasteiger partial charge in [-0.2, -0.15) is 5.10 Å². The Kier molecular flexibility index (Phi) is 3.93. The first kappa shape index (κ1) is 15.3. The van der Waals surface area contributed by atoms with E-state index in [0.29, 0.717) is 13.1 Å². The van der Waals surface area contributed by atoms with Crippen molar-refractivity contribution in [1.82, 2.24) is 14.7 Å². The van der Waals surface area contributed by atoms with Crippen LogP contribution < -0.4 is 0 Å². The maximum absolute atomic E-state index is 12.2. The predicted octanol–water partition coefficient (Wildman–Crippen LogP) is 1.81. The lowest BCUT2D eigenvalue weighted by molar-refractivity contribution is 0.00900. The Morgan fingerprint density at radius 3 is 2.62 bits per heavy atom. The number of rotatable bonds is 1. The fourth-order valence-electron chi connectivity index (χ4n) is 2.19.